The van der Waals surface area contributed by atoms with Crippen molar-refractivity contribution in [2.24, 2.45) is 0 Å². The molecule has 5 heteroatoms. The van der Waals surface area contributed by atoms with Gasteiger partial charge < -0.3 is 4.74 Å². The normalized spacial score (nSPS) is 10.3. The average Bonchev–Trinajstić information content (AvgIpc) is 3.17. The second kappa shape index (κ2) is 8.53. The first-order valence-electron chi connectivity index (χ1n) is 7.62. The summed E-state index contributed by atoms with van der Waals surface area (Å²) >= 11 is 3.26. The number of nitrogens with zero attached hydrogens (tertiary/aromatic N) is 2. The molecule has 0 spiro atoms. The Morgan fingerprint density at radius 2 is 1.96 bits per heavy atom. The van der Waals surface area contributed by atoms with Crippen LogP contribution in [0.1, 0.15) is 12.0 Å². The van der Waals surface area contributed by atoms with Crippen LogP contribution in [0, 0.1) is 11.3 Å². The van der Waals surface area contributed by atoms with Crippen LogP contribution in [0.15, 0.2) is 65.0 Å². The minimum absolute atomic E-state index is 0.629. The summed E-state index contributed by atoms with van der Waals surface area (Å²) in [5.74, 6) is 1.75. The minimum Gasteiger partial charge on any atom is -0.494 e. The van der Waals surface area contributed by atoms with Gasteiger partial charge in [-0.05, 0) is 42.1 Å². The summed E-state index contributed by atoms with van der Waals surface area (Å²) in [6, 6.07) is 19.8. The van der Waals surface area contributed by atoms with E-state index in [9.17, 15) is 5.26 Å². The molecule has 1 aromatic carbocycles. The molecule has 0 aliphatic rings. The van der Waals surface area contributed by atoms with Crippen LogP contribution >= 0.6 is 23.1 Å². The van der Waals surface area contributed by atoms with E-state index in [4.69, 9.17) is 4.74 Å². The van der Waals surface area contributed by atoms with E-state index in [-0.39, 0.29) is 0 Å². The van der Waals surface area contributed by atoms with Crippen LogP contribution in [-0.4, -0.2) is 17.3 Å². The zero-order valence-corrected chi connectivity index (χ0v) is 14.6. The van der Waals surface area contributed by atoms with Crippen molar-refractivity contribution < 1.29 is 4.74 Å². The summed E-state index contributed by atoms with van der Waals surface area (Å²) in [5.41, 5.74) is 1.55. The minimum atomic E-state index is 0.629. The van der Waals surface area contributed by atoms with Crippen LogP contribution in [0.2, 0.25) is 0 Å². The van der Waals surface area contributed by atoms with Gasteiger partial charge in [0.1, 0.15) is 16.8 Å². The Morgan fingerprint density at radius 3 is 2.71 bits per heavy atom. The highest BCUT2D eigenvalue weighted by Crippen LogP contribution is 2.28. The number of pyridine rings is 1. The number of thiophene rings is 1. The topological polar surface area (TPSA) is 45.9 Å². The molecule has 3 nitrogen and oxygen atoms in total. The number of hydrogen-bond donors (Lipinski definition) is 0. The lowest BCUT2D eigenvalue weighted by molar-refractivity contribution is 0.318. The maximum Gasteiger partial charge on any atom is 0.119 e. The quantitative estimate of drug-likeness (QED) is 0.431. The highest BCUT2D eigenvalue weighted by atomic mass is 32.2. The molecule has 0 bridgehead atoms. The first-order chi connectivity index (χ1) is 11.9. The highest BCUT2D eigenvalue weighted by molar-refractivity contribution is 7.99. The summed E-state index contributed by atoms with van der Waals surface area (Å²) in [6.07, 6.45) is 0.898. The van der Waals surface area contributed by atoms with Gasteiger partial charge >= 0.3 is 0 Å². The fourth-order valence-electron chi connectivity index (χ4n) is 2.13. The number of para-hydroxylation sites is 1. The van der Waals surface area contributed by atoms with Gasteiger partial charge in [0.15, 0.2) is 0 Å². The molecule has 0 unspecified atom stereocenters. The zero-order chi connectivity index (χ0) is 16.6. The van der Waals surface area contributed by atoms with Crippen LogP contribution in [-0.2, 0) is 0 Å². The van der Waals surface area contributed by atoms with Crippen molar-refractivity contribution in [3.63, 3.8) is 0 Å². The van der Waals surface area contributed by atoms with Crippen LogP contribution in [0.5, 0.6) is 5.75 Å². The first kappa shape index (κ1) is 16.6. The van der Waals surface area contributed by atoms with E-state index in [0.717, 1.165) is 33.5 Å². The highest BCUT2D eigenvalue weighted by Gasteiger charge is 2.08. The third-order valence-electron chi connectivity index (χ3n) is 3.29. The average molecular weight is 352 g/mol. The monoisotopic (exact) mass is 352 g/mol. The lowest BCUT2D eigenvalue weighted by atomic mass is 10.2. The number of nitriles is 1. The zero-order valence-electron chi connectivity index (χ0n) is 13.0. The summed E-state index contributed by atoms with van der Waals surface area (Å²) in [6.45, 7) is 0.656. The molecular formula is C19H16N2OS2. The molecule has 3 aromatic rings. The molecule has 0 aliphatic heterocycles. The Bertz CT molecular complexity index is 811. The maximum absolute atomic E-state index is 9.27. The van der Waals surface area contributed by atoms with Crippen LogP contribution < -0.4 is 4.74 Å². The second-order valence-corrected chi connectivity index (χ2v) is 7.03. The van der Waals surface area contributed by atoms with E-state index < -0.39 is 0 Å². The molecule has 0 saturated carbocycles. The Kier molecular flexibility index (Phi) is 5.89. The van der Waals surface area contributed by atoms with E-state index in [2.05, 4.69) is 11.1 Å². The van der Waals surface area contributed by atoms with Gasteiger partial charge in [-0.3, -0.25) is 0 Å². The van der Waals surface area contributed by atoms with Crippen molar-refractivity contribution in [1.29, 1.82) is 5.26 Å². The van der Waals surface area contributed by atoms with E-state index in [1.165, 1.54) is 0 Å². The van der Waals surface area contributed by atoms with E-state index in [1.807, 2.05) is 60.0 Å². The van der Waals surface area contributed by atoms with Crippen LogP contribution in [0.3, 0.4) is 0 Å². The molecule has 2 aromatic heterocycles. The third kappa shape index (κ3) is 4.38. The Morgan fingerprint density at radius 1 is 1.08 bits per heavy atom. The number of aromatic nitrogens is 1. The van der Waals surface area contributed by atoms with E-state index in [1.54, 1.807) is 23.1 Å². The summed E-state index contributed by atoms with van der Waals surface area (Å²) in [5, 5.41) is 12.1. The number of ether oxygens (including phenoxy) is 1. The lowest BCUT2D eigenvalue weighted by Crippen LogP contribution is -1.99. The van der Waals surface area contributed by atoms with Crippen molar-refractivity contribution >= 4 is 23.1 Å². The van der Waals surface area contributed by atoms with Crippen molar-refractivity contribution in [3.8, 4) is 22.4 Å². The van der Waals surface area contributed by atoms with Gasteiger partial charge in [-0.15, -0.1) is 23.1 Å². The van der Waals surface area contributed by atoms with Gasteiger partial charge in [-0.2, -0.15) is 5.26 Å². The van der Waals surface area contributed by atoms with Crippen molar-refractivity contribution in [1.82, 2.24) is 4.98 Å². The Labute approximate surface area is 149 Å². The van der Waals surface area contributed by atoms with Gasteiger partial charge in [0.05, 0.1) is 22.7 Å². The maximum atomic E-state index is 9.27. The van der Waals surface area contributed by atoms with Gasteiger partial charge in [-0.1, -0.05) is 24.3 Å². The summed E-state index contributed by atoms with van der Waals surface area (Å²) in [7, 11) is 0. The van der Waals surface area contributed by atoms with Crippen molar-refractivity contribution in [2.45, 2.75) is 11.4 Å². The van der Waals surface area contributed by atoms with Crippen LogP contribution in [0.25, 0.3) is 10.6 Å². The van der Waals surface area contributed by atoms with E-state index in [0.29, 0.717) is 12.2 Å². The second-order valence-electron chi connectivity index (χ2n) is 5.00. The standard InChI is InChI=1S/C19H16N2OS2/c20-14-15-9-10-17(18-8-4-12-23-18)21-19(15)24-13-5-11-22-16-6-2-1-3-7-16/h1-4,6-10,12H,5,11,13H2. The van der Waals surface area contributed by atoms with Gasteiger partial charge in [0, 0.05) is 5.75 Å². The predicted molar refractivity (Wildman–Crippen MR) is 99.5 cm³/mol. The molecule has 2 heterocycles. The van der Waals surface area contributed by atoms with Gasteiger partial charge in [-0.25, -0.2) is 4.98 Å². The predicted octanol–water partition coefficient (Wildman–Crippen LogP) is 5.24. The Hall–Kier alpha value is -2.29. The molecule has 0 aliphatic carbocycles. The molecule has 0 atom stereocenters. The molecule has 0 amide bonds. The Balaban J connectivity index is 1.56. The summed E-state index contributed by atoms with van der Waals surface area (Å²) < 4.78 is 5.69. The van der Waals surface area contributed by atoms with Crippen molar-refractivity contribution in [3.05, 3.63) is 65.5 Å². The SMILES string of the molecule is N#Cc1ccc(-c2cccs2)nc1SCCCOc1ccccc1. The van der Waals surface area contributed by atoms with Crippen LogP contribution in [0.4, 0.5) is 0 Å². The van der Waals surface area contributed by atoms with Gasteiger partial charge in [0.25, 0.3) is 0 Å². The fourth-order valence-corrected chi connectivity index (χ4v) is 3.71. The number of hydrogen-bond acceptors (Lipinski definition) is 5. The molecule has 0 saturated heterocycles. The molecule has 120 valence electrons. The number of rotatable bonds is 7. The summed E-state index contributed by atoms with van der Waals surface area (Å²) in [4.78, 5) is 5.77. The molecule has 0 fully saturated rings. The lowest BCUT2D eigenvalue weighted by Gasteiger charge is -2.07. The number of thioether (sulfide) groups is 1. The first-order valence-corrected chi connectivity index (χ1v) is 9.49. The molecule has 24 heavy (non-hydrogen) atoms. The largest absolute Gasteiger partial charge is 0.494 e. The smallest absolute Gasteiger partial charge is 0.119 e. The molecule has 0 radical (unpaired) electrons. The number of benzene rings is 1. The van der Waals surface area contributed by atoms with Gasteiger partial charge in [0.2, 0.25) is 0 Å². The molecule has 0 N–H and O–H groups in total. The third-order valence-corrected chi connectivity index (χ3v) is 5.26. The van der Waals surface area contributed by atoms with Crippen molar-refractivity contribution in [2.75, 3.05) is 12.4 Å². The molecular weight excluding hydrogens is 336 g/mol. The fraction of sp³-hybridized carbons (Fsp3) is 0.158. The molecule has 3 rings (SSSR count). The van der Waals surface area contributed by atoms with E-state index >= 15 is 0 Å².